The number of rotatable bonds is 2. The fourth-order valence-corrected chi connectivity index (χ4v) is 1.03. The summed E-state index contributed by atoms with van der Waals surface area (Å²) in [6.07, 6.45) is 1.37. The van der Waals surface area contributed by atoms with E-state index in [1.54, 1.807) is 7.11 Å². The van der Waals surface area contributed by atoms with E-state index in [1.807, 2.05) is 38.1 Å². The molecule has 0 radical (unpaired) electrons. The second-order valence-corrected chi connectivity index (χ2v) is 2.47. The average Bonchev–Trinajstić information content (AvgIpc) is 2.85. The van der Waals surface area contributed by atoms with Crippen molar-refractivity contribution < 1.29 is 9.26 Å². The Kier molecular flexibility index (Phi) is 4.34. The van der Waals surface area contributed by atoms with Crippen LogP contribution >= 0.6 is 0 Å². The lowest BCUT2D eigenvalue weighted by Crippen LogP contribution is -1.82. The van der Waals surface area contributed by atoms with E-state index in [2.05, 4.69) is 10.1 Å². The maximum Gasteiger partial charge on any atom is 0.257 e. The van der Waals surface area contributed by atoms with E-state index < -0.39 is 0 Å². The van der Waals surface area contributed by atoms with Crippen LogP contribution < -0.4 is 4.74 Å². The zero-order valence-electron chi connectivity index (χ0n) is 9.10. The van der Waals surface area contributed by atoms with Gasteiger partial charge in [-0.1, -0.05) is 19.0 Å². The number of aromatic nitrogens is 2. The second-order valence-electron chi connectivity index (χ2n) is 2.47. The molecule has 2 rings (SSSR count). The SMILES string of the molecule is CC.COc1ccc(-c2ncno2)cc1. The Morgan fingerprint density at radius 1 is 1.13 bits per heavy atom. The van der Waals surface area contributed by atoms with Gasteiger partial charge in [0.25, 0.3) is 5.89 Å². The molecule has 0 aliphatic heterocycles. The van der Waals surface area contributed by atoms with Gasteiger partial charge in [-0.3, -0.25) is 0 Å². The van der Waals surface area contributed by atoms with E-state index in [-0.39, 0.29) is 0 Å². The average molecular weight is 206 g/mol. The first-order chi connectivity index (χ1) is 7.40. The second kappa shape index (κ2) is 5.80. The summed E-state index contributed by atoms with van der Waals surface area (Å²) in [5.74, 6) is 1.32. The summed E-state index contributed by atoms with van der Waals surface area (Å²) in [4.78, 5) is 3.92. The molecule has 0 aliphatic carbocycles. The maximum absolute atomic E-state index is 5.02. The van der Waals surface area contributed by atoms with Crippen LogP contribution in [0.25, 0.3) is 11.5 Å². The molecule has 0 aliphatic rings. The first-order valence-electron chi connectivity index (χ1n) is 4.81. The molecular formula is C11H14N2O2. The van der Waals surface area contributed by atoms with E-state index in [1.165, 1.54) is 6.33 Å². The maximum atomic E-state index is 5.02. The molecule has 0 N–H and O–H groups in total. The summed E-state index contributed by atoms with van der Waals surface area (Å²) in [7, 11) is 1.63. The van der Waals surface area contributed by atoms with Crippen LogP contribution in [0.15, 0.2) is 35.1 Å². The summed E-state index contributed by atoms with van der Waals surface area (Å²) < 4.78 is 9.91. The number of ether oxygens (including phenoxy) is 1. The quantitative estimate of drug-likeness (QED) is 0.758. The molecule has 1 heterocycles. The fraction of sp³-hybridized carbons (Fsp3) is 0.273. The largest absolute Gasteiger partial charge is 0.497 e. The highest BCUT2D eigenvalue weighted by Crippen LogP contribution is 2.19. The topological polar surface area (TPSA) is 48.2 Å². The highest BCUT2D eigenvalue weighted by atomic mass is 16.5. The molecule has 4 nitrogen and oxygen atoms in total. The van der Waals surface area contributed by atoms with Crippen molar-refractivity contribution in [3.8, 4) is 17.2 Å². The number of hydrogen-bond donors (Lipinski definition) is 0. The Hall–Kier alpha value is -1.84. The molecule has 0 unspecified atom stereocenters. The Morgan fingerprint density at radius 3 is 2.27 bits per heavy atom. The lowest BCUT2D eigenvalue weighted by atomic mass is 10.2. The third-order valence-corrected chi connectivity index (χ3v) is 1.70. The van der Waals surface area contributed by atoms with Gasteiger partial charge in [-0.15, -0.1) is 0 Å². The summed E-state index contributed by atoms with van der Waals surface area (Å²) in [5, 5.41) is 3.52. The highest BCUT2D eigenvalue weighted by molar-refractivity contribution is 5.53. The van der Waals surface area contributed by atoms with E-state index in [0.717, 1.165) is 11.3 Å². The van der Waals surface area contributed by atoms with Crippen molar-refractivity contribution in [1.29, 1.82) is 0 Å². The van der Waals surface area contributed by atoms with Gasteiger partial charge in [-0.25, -0.2) is 0 Å². The van der Waals surface area contributed by atoms with E-state index >= 15 is 0 Å². The minimum absolute atomic E-state index is 0.516. The van der Waals surface area contributed by atoms with Crippen LogP contribution in [-0.2, 0) is 0 Å². The van der Waals surface area contributed by atoms with Crippen molar-refractivity contribution >= 4 is 0 Å². The van der Waals surface area contributed by atoms with Crippen LogP contribution in [0, 0.1) is 0 Å². The molecule has 1 aromatic heterocycles. The summed E-state index contributed by atoms with van der Waals surface area (Å²) in [6.45, 7) is 4.00. The minimum atomic E-state index is 0.516. The Labute approximate surface area is 88.9 Å². The standard InChI is InChI=1S/C9H8N2O2.C2H6/c1-12-8-4-2-7(3-5-8)9-10-6-11-13-9;1-2/h2-6H,1H3;1-2H3. The van der Waals surface area contributed by atoms with E-state index in [0.29, 0.717) is 5.89 Å². The predicted octanol–water partition coefficient (Wildman–Crippen LogP) is 2.77. The lowest BCUT2D eigenvalue weighted by molar-refractivity contribution is 0.414. The number of nitrogens with zero attached hydrogens (tertiary/aromatic N) is 2. The van der Waals surface area contributed by atoms with Crippen LogP contribution in [0.5, 0.6) is 5.75 Å². The van der Waals surface area contributed by atoms with Gasteiger partial charge < -0.3 is 9.26 Å². The summed E-state index contributed by atoms with van der Waals surface area (Å²) >= 11 is 0. The number of hydrogen-bond acceptors (Lipinski definition) is 4. The number of methoxy groups -OCH3 is 1. The summed E-state index contributed by atoms with van der Waals surface area (Å²) in [6, 6.07) is 7.43. The molecule has 0 fully saturated rings. The molecule has 15 heavy (non-hydrogen) atoms. The monoisotopic (exact) mass is 206 g/mol. The van der Waals surface area contributed by atoms with E-state index in [9.17, 15) is 0 Å². The van der Waals surface area contributed by atoms with Crippen molar-refractivity contribution in [1.82, 2.24) is 10.1 Å². The van der Waals surface area contributed by atoms with Crippen LogP contribution in [-0.4, -0.2) is 17.3 Å². The summed E-state index contributed by atoms with van der Waals surface area (Å²) in [5.41, 5.74) is 0.887. The molecule has 80 valence electrons. The van der Waals surface area contributed by atoms with Gasteiger partial charge in [0.05, 0.1) is 7.11 Å². The lowest BCUT2D eigenvalue weighted by Gasteiger charge is -1.98. The predicted molar refractivity (Wildman–Crippen MR) is 57.6 cm³/mol. The van der Waals surface area contributed by atoms with Gasteiger partial charge in [-0.2, -0.15) is 4.98 Å². The van der Waals surface area contributed by atoms with Crippen LogP contribution in [0.4, 0.5) is 0 Å². The molecule has 0 saturated heterocycles. The van der Waals surface area contributed by atoms with Crippen molar-refractivity contribution in [3.05, 3.63) is 30.6 Å². The normalized spacial score (nSPS) is 9.00. The van der Waals surface area contributed by atoms with Gasteiger partial charge in [-0.05, 0) is 24.3 Å². The van der Waals surface area contributed by atoms with Crippen LogP contribution in [0.3, 0.4) is 0 Å². The fourth-order valence-electron chi connectivity index (χ4n) is 1.03. The zero-order chi connectivity index (χ0) is 11.1. The number of benzene rings is 1. The molecule has 0 atom stereocenters. The molecule has 4 heteroatoms. The van der Waals surface area contributed by atoms with Gasteiger partial charge in [0.1, 0.15) is 5.75 Å². The van der Waals surface area contributed by atoms with Gasteiger partial charge in [0.15, 0.2) is 6.33 Å². The van der Waals surface area contributed by atoms with Crippen molar-refractivity contribution in [2.75, 3.05) is 7.11 Å². The van der Waals surface area contributed by atoms with Gasteiger partial charge >= 0.3 is 0 Å². The Balaban J connectivity index is 0.000000531. The molecule has 2 aromatic rings. The smallest absolute Gasteiger partial charge is 0.257 e. The molecule has 0 spiro atoms. The molecule has 0 saturated carbocycles. The van der Waals surface area contributed by atoms with Crippen molar-refractivity contribution in [2.24, 2.45) is 0 Å². The first kappa shape index (κ1) is 11.2. The van der Waals surface area contributed by atoms with Crippen molar-refractivity contribution in [2.45, 2.75) is 13.8 Å². The molecule has 0 bridgehead atoms. The highest BCUT2D eigenvalue weighted by Gasteiger charge is 2.02. The van der Waals surface area contributed by atoms with Gasteiger partial charge in [0.2, 0.25) is 0 Å². The van der Waals surface area contributed by atoms with E-state index in [4.69, 9.17) is 9.26 Å². The molecular weight excluding hydrogens is 192 g/mol. The van der Waals surface area contributed by atoms with Crippen molar-refractivity contribution in [3.63, 3.8) is 0 Å². The molecule has 1 aromatic carbocycles. The molecule has 0 amide bonds. The third-order valence-electron chi connectivity index (χ3n) is 1.70. The third kappa shape index (κ3) is 2.80. The van der Waals surface area contributed by atoms with Crippen LogP contribution in [0.1, 0.15) is 13.8 Å². The van der Waals surface area contributed by atoms with Crippen LogP contribution in [0.2, 0.25) is 0 Å². The minimum Gasteiger partial charge on any atom is -0.497 e. The first-order valence-corrected chi connectivity index (χ1v) is 4.81. The Bertz CT molecular complexity index is 368. The zero-order valence-corrected chi connectivity index (χ0v) is 9.10. The van der Waals surface area contributed by atoms with Gasteiger partial charge in [0, 0.05) is 5.56 Å². The Morgan fingerprint density at radius 2 is 1.80 bits per heavy atom.